The van der Waals surface area contributed by atoms with Crippen LogP contribution in [0.4, 0.5) is 0 Å². The van der Waals surface area contributed by atoms with Crippen molar-refractivity contribution >= 4 is 10.0 Å². The topological polar surface area (TPSA) is 72.2 Å². The lowest BCUT2D eigenvalue weighted by atomic mass is 9.93. The predicted molar refractivity (Wildman–Crippen MR) is 57.4 cm³/mol. The molecule has 0 aromatic carbocycles. The van der Waals surface area contributed by atoms with Gasteiger partial charge in [-0.1, -0.05) is 0 Å². The van der Waals surface area contributed by atoms with Crippen molar-refractivity contribution in [2.45, 2.75) is 56.9 Å². The normalized spacial score (nSPS) is 29.4. The molecule has 0 bridgehead atoms. The Morgan fingerprint density at radius 1 is 1.21 bits per heavy atom. The Kier molecular flexibility index (Phi) is 3.92. The van der Waals surface area contributed by atoms with Crippen LogP contribution in [0.15, 0.2) is 0 Å². The lowest BCUT2D eigenvalue weighted by Crippen LogP contribution is -2.42. The van der Waals surface area contributed by atoms with Crippen LogP contribution in [-0.2, 0) is 10.0 Å². The molecule has 4 nitrogen and oxygen atoms in total. The minimum atomic E-state index is -3.11. The van der Waals surface area contributed by atoms with Gasteiger partial charge in [0.05, 0.1) is 5.25 Å². The van der Waals surface area contributed by atoms with E-state index in [2.05, 4.69) is 4.72 Å². The van der Waals surface area contributed by atoms with Crippen molar-refractivity contribution in [1.29, 1.82) is 0 Å². The second-order valence-corrected chi connectivity index (χ2v) is 6.59. The van der Waals surface area contributed by atoms with Crippen LogP contribution in [0.1, 0.15) is 39.5 Å². The third kappa shape index (κ3) is 3.22. The molecule has 0 amide bonds. The van der Waals surface area contributed by atoms with Crippen molar-refractivity contribution < 1.29 is 8.42 Å². The molecule has 1 fully saturated rings. The lowest BCUT2D eigenvalue weighted by molar-refractivity contribution is 0.373. The maximum absolute atomic E-state index is 11.5. The van der Waals surface area contributed by atoms with Crippen molar-refractivity contribution in [3.05, 3.63) is 0 Å². The molecule has 0 heterocycles. The lowest BCUT2D eigenvalue weighted by Gasteiger charge is -2.27. The van der Waals surface area contributed by atoms with Crippen LogP contribution in [0.25, 0.3) is 0 Å². The van der Waals surface area contributed by atoms with E-state index in [1.807, 2.05) is 0 Å². The summed E-state index contributed by atoms with van der Waals surface area (Å²) in [5.41, 5.74) is 5.74. The van der Waals surface area contributed by atoms with Crippen LogP contribution in [-0.4, -0.2) is 25.8 Å². The zero-order chi connectivity index (χ0) is 10.8. The number of nitrogens with two attached hydrogens (primary N) is 1. The summed E-state index contributed by atoms with van der Waals surface area (Å²) < 4.78 is 25.8. The van der Waals surface area contributed by atoms with E-state index in [0.29, 0.717) is 0 Å². The monoisotopic (exact) mass is 220 g/mol. The highest BCUT2D eigenvalue weighted by Crippen LogP contribution is 2.18. The number of nitrogens with one attached hydrogen (secondary N) is 1. The molecule has 0 spiro atoms. The molecule has 5 heteroatoms. The van der Waals surface area contributed by atoms with Gasteiger partial charge in [-0.25, -0.2) is 13.1 Å². The minimum Gasteiger partial charge on any atom is -0.328 e. The molecule has 0 unspecified atom stereocenters. The van der Waals surface area contributed by atoms with E-state index in [-0.39, 0.29) is 17.3 Å². The van der Waals surface area contributed by atoms with E-state index in [1.54, 1.807) is 13.8 Å². The van der Waals surface area contributed by atoms with Crippen LogP contribution < -0.4 is 10.5 Å². The van der Waals surface area contributed by atoms with Gasteiger partial charge in [0.1, 0.15) is 0 Å². The third-order valence-electron chi connectivity index (χ3n) is 2.72. The number of sulfonamides is 1. The second kappa shape index (κ2) is 4.59. The maximum Gasteiger partial charge on any atom is 0.214 e. The highest BCUT2D eigenvalue weighted by Gasteiger charge is 2.24. The Morgan fingerprint density at radius 3 is 2.14 bits per heavy atom. The Balaban J connectivity index is 2.46. The van der Waals surface area contributed by atoms with E-state index in [1.165, 1.54) is 0 Å². The summed E-state index contributed by atoms with van der Waals surface area (Å²) >= 11 is 0. The highest BCUT2D eigenvalue weighted by molar-refractivity contribution is 7.90. The smallest absolute Gasteiger partial charge is 0.214 e. The van der Waals surface area contributed by atoms with Gasteiger partial charge in [-0.15, -0.1) is 0 Å². The molecule has 1 aliphatic carbocycles. The number of rotatable bonds is 3. The van der Waals surface area contributed by atoms with Crippen LogP contribution in [0.5, 0.6) is 0 Å². The Bertz CT molecular complexity index is 267. The first-order valence-corrected chi connectivity index (χ1v) is 6.73. The quantitative estimate of drug-likeness (QED) is 0.731. The summed E-state index contributed by atoms with van der Waals surface area (Å²) in [6.45, 7) is 3.38. The van der Waals surface area contributed by atoms with Crippen molar-refractivity contribution in [1.82, 2.24) is 4.72 Å². The van der Waals surface area contributed by atoms with Crippen molar-refractivity contribution in [3.8, 4) is 0 Å². The van der Waals surface area contributed by atoms with Crippen molar-refractivity contribution in [2.75, 3.05) is 0 Å². The standard InChI is InChI=1S/C9H20N2O2S/c1-7(2)14(12,13)11-9-5-3-8(10)4-6-9/h7-9,11H,3-6,10H2,1-2H3. The fraction of sp³-hybridized carbons (Fsp3) is 1.00. The summed E-state index contributed by atoms with van der Waals surface area (Å²) in [6, 6.07) is 0.358. The Hall–Kier alpha value is -0.130. The molecule has 14 heavy (non-hydrogen) atoms. The van der Waals surface area contributed by atoms with Crippen molar-refractivity contribution in [2.24, 2.45) is 5.73 Å². The average molecular weight is 220 g/mol. The van der Waals surface area contributed by atoms with Crippen LogP contribution in [0.2, 0.25) is 0 Å². The van der Waals surface area contributed by atoms with Gasteiger partial charge in [0, 0.05) is 12.1 Å². The summed E-state index contributed by atoms with van der Waals surface area (Å²) in [7, 11) is -3.11. The SMILES string of the molecule is CC(C)S(=O)(=O)NC1CCC(N)CC1. The van der Waals surface area contributed by atoms with Gasteiger partial charge in [0.15, 0.2) is 0 Å². The van der Waals surface area contributed by atoms with Gasteiger partial charge in [0.2, 0.25) is 10.0 Å². The molecular weight excluding hydrogens is 200 g/mol. The van der Waals surface area contributed by atoms with E-state index >= 15 is 0 Å². The van der Waals surface area contributed by atoms with Gasteiger partial charge in [-0.2, -0.15) is 0 Å². The minimum absolute atomic E-state index is 0.0993. The van der Waals surface area contributed by atoms with Crippen LogP contribution >= 0.6 is 0 Å². The zero-order valence-corrected chi connectivity index (χ0v) is 9.68. The molecule has 0 saturated heterocycles. The van der Waals surface area contributed by atoms with Crippen molar-refractivity contribution in [3.63, 3.8) is 0 Å². The van der Waals surface area contributed by atoms with Gasteiger partial charge in [-0.05, 0) is 39.5 Å². The van der Waals surface area contributed by atoms with Gasteiger partial charge >= 0.3 is 0 Å². The predicted octanol–water partition coefficient (Wildman–Crippen LogP) is 0.584. The Labute approximate surface area is 86.3 Å². The second-order valence-electron chi connectivity index (χ2n) is 4.32. The molecule has 0 aromatic rings. The Morgan fingerprint density at radius 2 is 1.71 bits per heavy atom. The van der Waals surface area contributed by atoms with Gasteiger partial charge < -0.3 is 5.73 Å². The average Bonchev–Trinajstić information content (AvgIpc) is 2.08. The molecule has 1 rings (SSSR count). The van der Waals surface area contributed by atoms with Gasteiger partial charge in [-0.3, -0.25) is 0 Å². The van der Waals surface area contributed by atoms with Gasteiger partial charge in [0.25, 0.3) is 0 Å². The first-order valence-electron chi connectivity index (χ1n) is 5.18. The summed E-state index contributed by atoms with van der Waals surface area (Å²) in [5.74, 6) is 0. The fourth-order valence-electron chi connectivity index (χ4n) is 1.61. The number of hydrogen-bond donors (Lipinski definition) is 2. The fourth-order valence-corrected chi connectivity index (χ4v) is 2.58. The molecule has 1 saturated carbocycles. The maximum atomic E-state index is 11.5. The first kappa shape index (κ1) is 11.9. The first-order chi connectivity index (χ1) is 6.42. The largest absolute Gasteiger partial charge is 0.328 e. The third-order valence-corrected chi connectivity index (χ3v) is 4.63. The molecule has 0 aromatic heterocycles. The molecule has 0 radical (unpaired) electrons. The molecular formula is C9H20N2O2S. The summed E-state index contributed by atoms with van der Waals surface area (Å²) in [5, 5.41) is -0.349. The molecule has 1 aliphatic rings. The number of hydrogen-bond acceptors (Lipinski definition) is 3. The molecule has 0 aliphatic heterocycles. The highest BCUT2D eigenvalue weighted by atomic mass is 32.2. The molecule has 3 N–H and O–H groups in total. The van der Waals surface area contributed by atoms with Crippen LogP contribution in [0.3, 0.4) is 0 Å². The van der Waals surface area contributed by atoms with E-state index < -0.39 is 10.0 Å². The van der Waals surface area contributed by atoms with E-state index in [4.69, 9.17) is 5.73 Å². The molecule has 84 valence electrons. The molecule has 0 atom stereocenters. The zero-order valence-electron chi connectivity index (χ0n) is 8.86. The van der Waals surface area contributed by atoms with E-state index in [9.17, 15) is 8.42 Å². The van der Waals surface area contributed by atoms with Crippen LogP contribution in [0, 0.1) is 0 Å². The summed E-state index contributed by atoms with van der Waals surface area (Å²) in [4.78, 5) is 0. The summed E-state index contributed by atoms with van der Waals surface area (Å²) in [6.07, 6.45) is 3.58. The van der Waals surface area contributed by atoms with E-state index in [0.717, 1.165) is 25.7 Å².